The van der Waals surface area contributed by atoms with E-state index < -0.39 is 5.91 Å². The molecule has 2 heterocycles. The Kier molecular flexibility index (Phi) is 4.28. The summed E-state index contributed by atoms with van der Waals surface area (Å²) in [5.74, 6) is -0.819. The molecule has 0 atom stereocenters. The molecule has 3 N–H and O–H groups in total. The lowest BCUT2D eigenvalue weighted by molar-refractivity contribution is -0.139. The third-order valence-corrected chi connectivity index (χ3v) is 3.67. The van der Waals surface area contributed by atoms with Crippen LogP contribution in [0.4, 0.5) is 0 Å². The monoisotopic (exact) mass is 328 g/mol. The van der Waals surface area contributed by atoms with Crippen LogP contribution in [0.25, 0.3) is 10.9 Å². The number of nitrogens with zero attached hydrogens (tertiary/aromatic N) is 2. The molecular formula is C16H16N4O4. The predicted molar refractivity (Wildman–Crippen MR) is 85.3 cm³/mol. The number of nitrogens with one attached hydrogen (secondary N) is 1. The normalized spacial score (nSPS) is 14.3. The number of benzene rings is 1. The number of hydrogen-bond donors (Lipinski definition) is 2. The average molecular weight is 328 g/mol. The van der Waals surface area contributed by atoms with E-state index >= 15 is 0 Å². The van der Waals surface area contributed by atoms with Gasteiger partial charge in [0.05, 0.1) is 12.1 Å². The van der Waals surface area contributed by atoms with Gasteiger partial charge in [0, 0.05) is 24.5 Å². The fraction of sp³-hybridized carbons (Fsp3) is 0.250. The standard InChI is InChI=1S/C16H16N4O4/c17-16(23)12-7-13(10-3-1-2-4-11(10)19-12)24-9-15(22)20-6-5-18-14(21)8-20/h1-4,7H,5-6,8-9H2,(H2,17,23)(H,18,21). The molecule has 0 unspecified atom stereocenters. The van der Waals surface area contributed by atoms with Gasteiger partial charge in [0.15, 0.2) is 6.61 Å². The third-order valence-electron chi connectivity index (χ3n) is 3.67. The molecule has 3 rings (SSSR count). The van der Waals surface area contributed by atoms with Gasteiger partial charge in [0.2, 0.25) is 5.91 Å². The van der Waals surface area contributed by atoms with Gasteiger partial charge in [-0.05, 0) is 12.1 Å². The van der Waals surface area contributed by atoms with E-state index in [0.29, 0.717) is 29.7 Å². The number of nitrogens with two attached hydrogens (primary N) is 1. The Morgan fingerprint density at radius 1 is 1.33 bits per heavy atom. The molecule has 1 fully saturated rings. The molecule has 2 aromatic rings. The fourth-order valence-electron chi connectivity index (χ4n) is 2.47. The van der Waals surface area contributed by atoms with E-state index in [0.717, 1.165) is 0 Å². The zero-order valence-electron chi connectivity index (χ0n) is 12.8. The Morgan fingerprint density at radius 2 is 2.12 bits per heavy atom. The molecule has 8 heteroatoms. The summed E-state index contributed by atoms with van der Waals surface area (Å²) in [6.07, 6.45) is 0. The van der Waals surface area contributed by atoms with Crippen molar-refractivity contribution < 1.29 is 19.1 Å². The van der Waals surface area contributed by atoms with E-state index in [-0.39, 0.29) is 30.7 Å². The molecule has 124 valence electrons. The molecule has 0 radical (unpaired) electrons. The molecule has 1 aliphatic heterocycles. The van der Waals surface area contributed by atoms with Crippen molar-refractivity contribution in [2.45, 2.75) is 0 Å². The number of primary amides is 1. The maximum Gasteiger partial charge on any atom is 0.267 e. The first-order valence-electron chi connectivity index (χ1n) is 7.41. The summed E-state index contributed by atoms with van der Waals surface area (Å²) in [6, 6.07) is 8.51. The SMILES string of the molecule is NC(=O)c1cc(OCC(=O)N2CCNC(=O)C2)c2ccccc2n1. The first-order chi connectivity index (χ1) is 11.5. The first-order valence-corrected chi connectivity index (χ1v) is 7.41. The maximum absolute atomic E-state index is 12.2. The van der Waals surface area contributed by atoms with Crippen LogP contribution in [-0.4, -0.2) is 53.8 Å². The summed E-state index contributed by atoms with van der Waals surface area (Å²) < 4.78 is 5.59. The topological polar surface area (TPSA) is 115 Å². The number of ether oxygens (including phenoxy) is 1. The van der Waals surface area contributed by atoms with Gasteiger partial charge in [-0.1, -0.05) is 12.1 Å². The van der Waals surface area contributed by atoms with E-state index in [9.17, 15) is 14.4 Å². The summed E-state index contributed by atoms with van der Waals surface area (Å²) in [4.78, 5) is 40.5. The van der Waals surface area contributed by atoms with Gasteiger partial charge >= 0.3 is 0 Å². The minimum Gasteiger partial charge on any atom is -0.483 e. The van der Waals surface area contributed by atoms with Gasteiger partial charge in [-0.2, -0.15) is 0 Å². The molecule has 0 bridgehead atoms. The number of hydrogen-bond acceptors (Lipinski definition) is 5. The van der Waals surface area contributed by atoms with Gasteiger partial charge in [0.1, 0.15) is 11.4 Å². The zero-order valence-corrected chi connectivity index (χ0v) is 12.8. The van der Waals surface area contributed by atoms with Crippen LogP contribution < -0.4 is 15.8 Å². The average Bonchev–Trinajstić information content (AvgIpc) is 2.59. The number of fused-ring (bicyclic) bond motifs is 1. The Bertz CT molecular complexity index is 821. The quantitative estimate of drug-likeness (QED) is 0.797. The highest BCUT2D eigenvalue weighted by Crippen LogP contribution is 2.25. The van der Waals surface area contributed by atoms with Crippen molar-refractivity contribution in [1.82, 2.24) is 15.2 Å². The molecule has 3 amide bonds. The summed E-state index contributed by atoms with van der Waals surface area (Å²) in [7, 11) is 0. The van der Waals surface area contributed by atoms with Crippen LogP contribution in [0, 0.1) is 0 Å². The van der Waals surface area contributed by atoms with Crippen molar-refractivity contribution in [2.75, 3.05) is 26.2 Å². The molecule has 0 saturated carbocycles. The Hall–Kier alpha value is -3.16. The van der Waals surface area contributed by atoms with Crippen molar-refractivity contribution >= 4 is 28.6 Å². The van der Waals surface area contributed by atoms with Crippen molar-refractivity contribution in [2.24, 2.45) is 5.73 Å². The lowest BCUT2D eigenvalue weighted by Gasteiger charge is -2.26. The second-order valence-corrected chi connectivity index (χ2v) is 5.34. The van der Waals surface area contributed by atoms with Gasteiger partial charge < -0.3 is 20.7 Å². The Balaban J connectivity index is 1.80. The van der Waals surface area contributed by atoms with Gasteiger partial charge in [-0.15, -0.1) is 0 Å². The smallest absolute Gasteiger partial charge is 0.267 e. The number of piperazine rings is 1. The van der Waals surface area contributed by atoms with Crippen LogP contribution in [0.2, 0.25) is 0 Å². The maximum atomic E-state index is 12.2. The first kappa shape index (κ1) is 15.7. The molecule has 0 aliphatic carbocycles. The predicted octanol–water partition coefficient (Wildman–Crippen LogP) is -0.329. The molecule has 8 nitrogen and oxygen atoms in total. The summed E-state index contributed by atoms with van der Waals surface area (Å²) in [6.45, 7) is 0.650. The summed E-state index contributed by atoms with van der Waals surface area (Å²) in [5, 5.41) is 3.32. The van der Waals surface area contributed by atoms with Gasteiger partial charge in [0.25, 0.3) is 11.8 Å². The largest absolute Gasteiger partial charge is 0.483 e. The Labute approximate surface area is 137 Å². The van der Waals surface area contributed by atoms with Gasteiger partial charge in [-0.3, -0.25) is 14.4 Å². The number of rotatable bonds is 4. The van der Waals surface area contributed by atoms with Crippen molar-refractivity contribution in [3.63, 3.8) is 0 Å². The molecular weight excluding hydrogens is 312 g/mol. The highest BCUT2D eigenvalue weighted by Gasteiger charge is 2.21. The van der Waals surface area contributed by atoms with Crippen LogP contribution in [0.3, 0.4) is 0 Å². The third kappa shape index (κ3) is 3.27. The number of pyridine rings is 1. The van der Waals surface area contributed by atoms with E-state index in [1.165, 1.54) is 11.0 Å². The number of carbonyl (C=O) groups excluding carboxylic acids is 3. The highest BCUT2D eigenvalue weighted by molar-refractivity contribution is 5.96. The molecule has 24 heavy (non-hydrogen) atoms. The van der Waals surface area contributed by atoms with E-state index in [1.54, 1.807) is 24.3 Å². The molecule has 0 spiro atoms. The van der Waals surface area contributed by atoms with Crippen molar-refractivity contribution in [3.8, 4) is 5.75 Å². The molecule has 1 aliphatic rings. The minimum absolute atomic E-state index is 0.0197. The second-order valence-electron chi connectivity index (χ2n) is 5.34. The van der Waals surface area contributed by atoms with Crippen LogP contribution in [0.15, 0.2) is 30.3 Å². The molecule has 1 saturated heterocycles. The second kappa shape index (κ2) is 6.53. The number of amides is 3. The number of carbonyl (C=O) groups is 3. The van der Waals surface area contributed by atoms with Crippen molar-refractivity contribution in [1.29, 1.82) is 0 Å². The fourth-order valence-corrected chi connectivity index (χ4v) is 2.47. The van der Waals surface area contributed by atoms with Crippen LogP contribution in [-0.2, 0) is 9.59 Å². The summed E-state index contributed by atoms with van der Waals surface area (Å²) in [5.41, 5.74) is 5.90. The lowest BCUT2D eigenvalue weighted by Crippen LogP contribution is -2.51. The van der Waals surface area contributed by atoms with Crippen LogP contribution in [0.5, 0.6) is 5.75 Å². The van der Waals surface area contributed by atoms with E-state index in [1.807, 2.05) is 0 Å². The van der Waals surface area contributed by atoms with E-state index in [2.05, 4.69) is 10.3 Å². The van der Waals surface area contributed by atoms with Crippen molar-refractivity contribution in [3.05, 3.63) is 36.0 Å². The van der Waals surface area contributed by atoms with E-state index in [4.69, 9.17) is 10.5 Å². The number of para-hydroxylation sites is 1. The molecule has 1 aromatic heterocycles. The lowest BCUT2D eigenvalue weighted by atomic mass is 10.2. The van der Waals surface area contributed by atoms with Crippen LogP contribution in [0.1, 0.15) is 10.5 Å². The zero-order chi connectivity index (χ0) is 17.1. The minimum atomic E-state index is -0.676. The number of aromatic nitrogens is 1. The highest BCUT2D eigenvalue weighted by atomic mass is 16.5. The van der Waals surface area contributed by atoms with Gasteiger partial charge in [-0.25, -0.2) is 4.98 Å². The van der Waals surface area contributed by atoms with Crippen LogP contribution >= 0.6 is 0 Å². The summed E-state index contributed by atoms with van der Waals surface area (Å²) >= 11 is 0. The Morgan fingerprint density at radius 3 is 2.88 bits per heavy atom. The molecule has 1 aromatic carbocycles.